The van der Waals surface area contributed by atoms with E-state index in [0.717, 1.165) is 0 Å². The Morgan fingerprint density at radius 1 is 1.06 bits per heavy atom. The quantitative estimate of drug-likeness (QED) is 0.461. The molecule has 0 aliphatic carbocycles. The fourth-order valence-corrected chi connectivity index (χ4v) is 2.83. The minimum absolute atomic E-state index is 0.115. The van der Waals surface area contributed by atoms with E-state index in [1.165, 1.54) is 0 Å². The molecule has 0 unspecified atom stereocenters. The predicted molar refractivity (Wildman–Crippen MR) is 116 cm³/mol. The molecule has 4 aromatic rings. The summed E-state index contributed by atoms with van der Waals surface area (Å²) in [6.45, 7) is 1.67. The zero-order chi connectivity index (χ0) is 21.6. The number of anilines is 1. The van der Waals surface area contributed by atoms with Gasteiger partial charge in [-0.05, 0) is 61.5 Å². The van der Waals surface area contributed by atoms with Crippen LogP contribution >= 0.6 is 11.6 Å². The third-order valence-corrected chi connectivity index (χ3v) is 4.34. The summed E-state index contributed by atoms with van der Waals surface area (Å²) < 4.78 is 12.9. The number of hydrogen-bond donors (Lipinski definition) is 1. The largest absolute Gasteiger partial charge is 0.484 e. The number of benzene rings is 2. The number of nitrogens with one attached hydrogen (secondary N) is 1. The van der Waals surface area contributed by atoms with Crippen molar-refractivity contribution in [2.24, 2.45) is 0 Å². The van der Waals surface area contributed by atoms with Gasteiger partial charge in [0.2, 0.25) is 5.88 Å². The maximum atomic E-state index is 12.1. The molecule has 31 heavy (non-hydrogen) atoms. The summed E-state index contributed by atoms with van der Waals surface area (Å²) in [5, 5.41) is 7.54. The van der Waals surface area contributed by atoms with Crippen LogP contribution in [0.5, 0.6) is 17.4 Å². The number of halogens is 1. The van der Waals surface area contributed by atoms with E-state index in [9.17, 15) is 4.79 Å². The van der Waals surface area contributed by atoms with E-state index in [2.05, 4.69) is 20.4 Å². The van der Waals surface area contributed by atoms with Gasteiger partial charge < -0.3 is 14.8 Å². The fourth-order valence-electron chi connectivity index (χ4n) is 2.70. The first kappa shape index (κ1) is 20.4. The second-order valence-corrected chi connectivity index (χ2v) is 6.92. The average molecular weight is 436 g/mol. The van der Waals surface area contributed by atoms with E-state index in [-0.39, 0.29) is 12.5 Å². The lowest BCUT2D eigenvalue weighted by Crippen LogP contribution is -2.20. The van der Waals surface area contributed by atoms with Gasteiger partial charge in [0, 0.05) is 29.2 Å². The Morgan fingerprint density at radius 2 is 1.81 bits per heavy atom. The molecule has 0 bridgehead atoms. The van der Waals surface area contributed by atoms with Crippen molar-refractivity contribution in [2.45, 2.75) is 6.92 Å². The molecule has 0 atom stereocenters. The van der Waals surface area contributed by atoms with Gasteiger partial charge in [0.15, 0.2) is 12.4 Å². The molecule has 1 N–H and O–H groups in total. The minimum Gasteiger partial charge on any atom is -0.484 e. The SMILES string of the molecule is Cc1nc(Oc2ccc(NC(=O)COc3ccc(Cl)cc3)cc2)cc(-n2cccn2)n1. The van der Waals surface area contributed by atoms with E-state index in [4.69, 9.17) is 21.1 Å². The number of rotatable bonds is 7. The first-order valence-electron chi connectivity index (χ1n) is 9.37. The number of hydrogen-bond acceptors (Lipinski definition) is 6. The normalized spacial score (nSPS) is 10.5. The van der Waals surface area contributed by atoms with E-state index in [1.54, 1.807) is 78.6 Å². The standard InChI is InChI=1S/C22H18ClN5O3/c1-15-25-20(28-12-2-11-24-28)13-22(26-15)31-19-9-5-17(6-10-19)27-21(29)14-30-18-7-3-16(23)4-8-18/h2-13H,14H2,1H3,(H,27,29). The lowest BCUT2D eigenvalue weighted by atomic mass is 10.3. The van der Waals surface area contributed by atoms with Crippen LogP contribution in [-0.2, 0) is 4.79 Å². The molecule has 2 aromatic heterocycles. The van der Waals surface area contributed by atoms with Gasteiger partial charge in [-0.15, -0.1) is 0 Å². The Balaban J connectivity index is 1.35. The molecule has 0 saturated carbocycles. The van der Waals surface area contributed by atoms with Crippen LogP contribution in [0.1, 0.15) is 5.82 Å². The zero-order valence-electron chi connectivity index (χ0n) is 16.5. The first-order valence-corrected chi connectivity index (χ1v) is 9.75. The number of nitrogens with zero attached hydrogens (tertiary/aromatic N) is 4. The highest BCUT2D eigenvalue weighted by Gasteiger charge is 2.08. The summed E-state index contributed by atoms with van der Waals surface area (Å²) in [4.78, 5) is 20.7. The van der Waals surface area contributed by atoms with E-state index in [1.807, 2.05) is 6.07 Å². The minimum atomic E-state index is -0.279. The molecule has 4 rings (SSSR count). The van der Waals surface area contributed by atoms with Crippen LogP contribution in [-0.4, -0.2) is 32.3 Å². The summed E-state index contributed by atoms with van der Waals surface area (Å²) in [5.74, 6) is 2.42. The molecule has 0 aliphatic rings. The lowest BCUT2D eigenvalue weighted by Gasteiger charge is -2.10. The van der Waals surface area contributed by atoms with Crippen LogP contribution in [0.25, 0.3) is 5.82 Å². The number of aromatic nitrogens is 4. The molecular weight excluding hydrogens is 418 g/mol. The van der Waals surface area contributed by atoms with Gasteiger partial charge in [-0.1, -0.05) is 11.6 Å². The monoisotopic (exact) mass is 435 g/mol. The Hall–Kier alpha value is -3.91. The fraction of sp³-hybridized carbons (Fsp3) is 0.0909. The molecule has 156 valence electrons. The molecule has 2 aromatic carbocycles. The van der Waals surface area contributed by atoms with Crippen molar-refractivity contribution in [3.8, 4) is 23.2 Å². The summed E-state index contributed by atoms with van der Waals surface area (Å²) in [6.07, 6.45) is 3.46. The highest BCUT2D eigenvalue weighted by molar-refractivity contribution is 6.30. The average Bonchev–Trinajstić information content (AvgIpc) is 3.29. The van der Waals surface area contributed by atoms with Gasteiger partial charge in [0.25, 0.3) is 5.91 Å². The molecule has 8 nitrogen and oxygen atoms in total. The molecule has 0 spiro atoms. The smallest absolute Gasteiger partial charge is 0.262 e. The number of amides is 1. The van der Waals surface area contributed by atoms with Crippen LogP contribution in [0.4, 0.5) is 5.69 Å². The van der Waals surface area contributed by atoms with Crippen molar-refractivity contribution < 1.29 is 14.3 Å². The maximum Gasteiger partial charge on any atom is 0.262 e. The van der Waals surface area contributed by atoms with Crippen LogP contribution in [0.2, 0.25) is 5.02 Å². The van der Waals surface area contributed by atoms with Gasteiger partial charge in [-0.2, -0.15) is 10.1 Å². The maximum absolute atomic E-state index is 12.1. The number of ether oxygens (including phenoxy) is 2. The molecule has 0 saturated heterocycles. The molecular formula is C22H18ClN5O3. The third kappa shape index (κ3) is 5.58. The summed E-state index contributed by atoms with van der Waals surface area (Å²) in [7, 11) is 0. The molecule has 0 aliphatic heterocycles. The number of carbonyl (C=O) groups is 1. The van der Waals surface area contributed by atoms with E-state index in [0.29, 0.717) is 39.7 Å². The summed E-state index contributed by atoms with van der Waals surface area (Å²) in [5.41, 5.74) is 0.619. The lowest BCUT2D eigenvalue weighted by molar-refractivity contribution is -0.118. The van der Waals surface area contributed by atoms with Crippen LogP contribution in [0.3, 0.4) is 0 Å². The van der Waals surface area contributed by atoms with Crippen molar-refractivity contribution >= 4 is 23.2 Å². The van der Waals surface area contributed by atoms with Crippen molar-refractivity contribution in [2.75, 3.05) is 11.9 Å². The Bertz CT molecular complexity index is 1160. The highest BCUT2D eigenvalue weighted by Crippen LogP contribution is 2.23. The van der Waals surface area contributed by atoms with Gasteiger partial charge in [0.05, 0.1) is 0 Å². The van der Waals surface area contributed by atoms with Crippen LogP contribution in [0.15, 0.2) is 73.1 Å². The molecule has 0 fully saturated rings. The second kappa shape index (κ2) is 9.27. The van der Waals surface area contributed by atoms with E-state index >= 15 is 0 Å². The van der Waals surface area contributed by atoms with Crippen LogP contribution < -0.4 is 14.8 Å². The summed E-state index contributed by atoms with van der Waals surface area (Å²) >= 11 is 5.83. The van der Waals surface area contributed by atoms with Crippen molar-refractivity contribution in [1.82, 2.24) is 19.7 Å². The zero-order valence-corrected chi connectivity index (χ0v) is 17.3. The predicted octanol–water partition coefficient (Wildman–Crippen LogP) is 4.43. The van der Waals surface area contributed by atoms with E-state index < -0.39 is 0 Å². The van der Waals surface area contributed by atoms with Gasteiger partial charge in [0.1, 0.15) is 17.3 Å². The molecule has 0 radical (unpaired) electrons. The van der Waals surface area contributed by atoms with Gasteiger partial charge in [-0.3, -0.25) is 4.79 Å². The highest BCUT2D eigenvalue weighted by atomic mass is 35.5. The van der Waals surface area contributed by atoms with Gasteiger partial charge >= 0.3 is 0 Å². The topological polar surface area (TPSA) is 91.2 Å². The molecule has 2 heterocycles. The van der Waals surface area contributed by atoms with Gasteiger partial charge in [-0.25, -0.2) is 9.67 Å². The molecule has 1 amide bonds. The Labute approximate surface area is 183 Å². The Morgan fingerprint density at radius 3 is 2.52 bits per heavy atom. The number of aryl methyl sites for hydroxylation is 1. The van der Waals surface area contributed by atoms with Crippen molar-refractivity contribution in [3.63, 3.8) is 0 Å². The first-order chi connectivity index (χ1) is 15.0. The van der Waals surface area contributed by atoms with Crippen molar-refractivity contribution in [1.29, 1.82) is 0 Å². The third-order valence-electron chi connectivity index (χ3n) is 4.08. The number of carbonyl (C=O) groups excluding carboxylic acids is 1. The van der Waals surface area contributed by atoms with Crippen molar-refractivity contribution in [3.05, 3.63) is 83.9 Å². The van der Waals surface area contributed by atoms with Crippen LogP contribution in [0, 0.1) is 6.92 Å². The molecule has 9 heteroatoms. The second-order valence-electron chi connectivity index (χ2n) is 6.48. The summed E-state index contributed by atoms with van der Waals surface area (Å²) in [6, 6.07) is 17.3. The Kier molecular flexibility index (Phi) is 6.09.